The number of benzene rings is 10. The molecule has 0 spiro atoms. The van der Waals surface area contributed by atoms with E-state index in [2.05, 4.69) is 209 Å². The highest BCUT2D eigenvalue weighted by Crippen LogP contribution is 2.44. The first-order valence-corrected chi connectivity index (χ1v) is 25.4. The van der Waals surface area contributed by atoms with Crippen LogP contribution in [0.2, 0.25) is 0 Å². The van der Waals surface area contributed by atoms with E-state index in [-0.39, 0.29) is 0 Å². The number of hydrogen-bond acceptors (Lipinski definition) is 6. The van der Waals surface area contributed by atoms with Crippen LogP contribution in [-0.2, 0) is 0 Å². The molecule has 0 aliphatic carbocycles. The van der Waals surface area contributed by atoms with E-state index >= 15 is 0 Å². The molecular weight excluding hydrogens is 907 g/mol. The van der Waals surface area contributed by atoms with Gasteiger partial charge in [-0.05, 0) is 96.1 Å². The Morgan fingerprint density at radius 2 is 0.887 bits per heavy atom. The first kappa shape index (κ1) is 39.0. The van der Waals surface area contributed by atoms with Crippen molar-refractivity contribution in [1.82, 2.24) is 24.1 Å². The molecule has 0 radical (unpaired) electrons. The average molecular weight is 942 g/mol. The Kier molecular flexibility index (Phi) is 8.11. The summed E-state index contributed by atoms with van der Waals surface area (Å²) in [5.74, 6) is 1.87. The number of thiophene rings is 2. The van der Waals surface area contributed by atoms with Gasteiger partial charge in [-0.1, -0.05) is 127 Å². The Morgan fingerprint density at radius 1 is 0.338 bits per heavy atom. The zero-order valence-corrected chi connectivity index (χ0v) is 39.3. The summed E-state index contributed by atoms with van der Waals surface area (Å²) >= 11 is 3.59. The quantitative estimate of drug-likeness (QED) is 0.172. The highest BCUT2D eigenvalue weighted by atomic mass is 32.1. The maximum atomic E-state index is 6.22. The summed E-state index contributed by atoms with van der Waals surface area (Å²) < 4.78 is 15.7. The van der Waals surface area contributed by atoms with E-state index < -0.39 is 0 Å². The second kappa shape index (κ2) is 14.8. The third kappa shape index (κ3) is 5.71. The Morgan fingerprint density at radius 3 is 1.66 bits per heavy atom. The molecule has 6 heterocycles. The molecule has 0 atom stereocenters. The van der Waals surface area contributed by atoms with Crippen LogP contribution in [0.1, 0.15) is 0 Å². The number of furan rings is 1. The Balaban J connectivity index is 0.894. The largest absolute Gasteiger partial charge is 0.456 e. The summed E-state index contributed by atoms with van der Waals surface area (Å²) in [6, 6.07) is 76.1. The van der Waals surface area contributed by atoms with Gasteiger partial charge in [0.15, 0.2) is 11.6 Å². The molecule has 16 rings (SSSR count). The van der Waals surface area contributed by atoms with Gasteiger partial charge in [0.25, 0.3) is 0 Å². The van der Waals surface area contributed by atoms with Gasteiger partial charge in [-0.2, -0.15) is 9.97 Å². The van der Waals surface area contributed by atoms with Gasteiger partial charge in [-0.3, -0.25) is 4.57 Å². The summed E-state index contributed by atoms with van der Waals surface area (Å²) in [4.78, 5) is 16.4. The lowest BCUT2D eigenvalue weighted by Crippen LogP contribution is -2.06. The molecule has 16 aromatic rings. The fraction of sp³-hybridized carbons (Fsp3) is 0. The van der Waals surface area contributed by atoms with E-state index in [1.165, 1.54) is 41.0 Å². The minimum atomic E-state index is 0.578. The lowest BCUT2D eigenvalue weighted by molar-refractivity contribution is 0.669. The van der Waals surface area contributed by atoms with E-state index in [1.807, 2.05) is 12.1 Å². The van der Waals surface area contributed by atoms with E-state index in [9.17, 15) is 0 Å². The number of aromatic nitrogens is 5. The number of rotatable bonds is 5. The zero-order chi connectivity index (χ0) is 46.3. The van der Waals surface area contributed by atoms with Crippen molar-refractivity contribution >= 4 is 129 Å². The first-order valence-electron chi connectivity index (χ1n) is 23.7. The second-order valence-electron chi connectivity index (χ2n) is 18.3. The monoisotopic (exact) mass is 941 g/mol. The van der Waals surface area contributed by atoms with Crippen LogP contribution in [0.4, 0.5) is 0 Å². The van der Waals surface area contributed by atoms with Crippen LogP contribution in [-0.4, -0.2) is 24.1 Å². The summed E-state index contributed by atoms with van der Waals surface area (Å²) in [6.07, 6.45) is 0. The number of para-hydroxylation sites is 3. The van der Waals surface area contributed by atoms with Crippen molar-refractivity contribution in [2.24, 2.45) is 0 Å². The molecular formula is C63H35N5OS2. The summed E-state index contributed by atoms with van der Waals surface area (Å²) in [6.45, 7) is 0. The van der Waals surface area contributed by atoms with E-state index in [0.717, 1.165) is 92.8 Å². The fourth-order valence-electron chi connectivity index (χ4n) is 11.2. The zero-order valence-electron chi connectivity index (χ0n) is 37.7. The van der Waals surface area contributed by atoms with Crippen LogP contribution in [0.15, 0.2) is 217 Å². The summed E-state index contributed by atoms with van der Waals surface area (Å²) in [7, 11) is 0. The smallest absolute Gasteiger partial charge is 0.238 e. The van der Waals surface area contributed by atoms with Crippen molar-refractivity contribution in [3.8, 4) is 45.5 Å². The molecule has 6 nitrogen and oxygen atoms in total. The van der Waals surface area contributed by atoms with Crippen molar-refractivity contribution in [3.05, 3.63) is 212 Å². The molecule has 0 saturated heterocycles. The van der Waals surface area contributed by atoms with Gasteiger partial charge < -0.3 is 8.98 Å². The molecule has 6 aromatic heterocycles. The normalized spacial score (nSPS) is 12.2. The van der Waals surface area contributed by atoms with Crippen molar-refractivity contribution in [2.45, 2.75) is 0 Å². The fourth-order valence-corrected chi connectivity index (χ4v) is 13.6. The standard InChI is InChI=1S/C63H35N5OS2/c1-6-21-50-39(13-1)47-33-36(27-30-52(47)67(50)38-29-32-55-49(35-38)41-15-3-8-23-54(41)69-55)37-28-31-53-48(34-37)40-14-2-7-22-51(40)68(53)63-65-61(45-19-12-26-58-59(45)44-17-5-10-25-57(44)70-58)64-62(66-63)46-20-11-18-43-42-16-4-9-24-56(42)71-60(43)46/h1-35H. The molecule has 0 bridgehead atoms. The average Bonchev–Trinajstić information content (AvgIpc) is 4.25. The highest BCUT2D eigenvalue weighted by Gasteiger charge is 2.23. The minimum Gasteiger partial charge on any atom is -0.456 e. The van der Waals surface area contributed by atoms with E-state index in [1.54, 1.807) is 22.7 Å². The molecule has 330 valence electrons. The Labute approximate surface area is 412 Å². The van der Waals surface area contributed by atoms with Gasteiger partial charge in [0.2, 0.25) is 5.95 Å². The molecule has 0 saturated carbocycles. The van der Waals surface area contributed by atoms with E-state index in [4.69, 9.17) is 19.4 Å². The van der Waals surface area contributed by atoms with Crippen LogP contribution < -0.4 is 0 Å². The maximum absolute atomic E-state index is 6.22. The molecule has 0 N–H and O–H groups in total. The molecule has 0 aliphatic heterocycles. The van der Waals surface area contributed by atoms with Crippen molar-refractivity contribution in [3.63, 3.8) is 0 Å². The molecule has 8 heteroatoms. The van der Waals surface area contributed by atoms with Crippen molar-refractivity contribution in [1.29, 1.82) is 0 Å². The molecule has 0 unspecified atom stereocenters. The van der Waals surface area contributed by atoms with Crippen LogP contribution in [0.5, 0.6) is 0 Å². The maximum Gasteiger partial charge on any atom is 0.238 e. The minimum absolute atomic E-state index is 0.578. The SMILES string of the molecule is c1ccc2c(c1)oc1ccc(-n3c4ccccc4c4cc(-c5ccc6c(c5)c5ccccc5n6-c5nc(-c6cccc7c6sc6ccccc67)nc(-c6cccc7sc8ccccc8c67)n5)ccc43)cc12. The predicted molar refractivity (Wildman–Crippen MR) is 298 cm³/mol. The van der Waals surface area contributed by atoms with Gasteiger partial charge in [0.1, 0.15) is 11.2 Å². The molecule has 71 heavy (non-hydrogen) atoms. The van der Waals surface area contributed by atoms with Gasteiger partial charge in [0, 0.05) is 89.5 Å². The Hall–Kier alpha value is -8.95. The lowest BCUT2D eigenvalue weighted by Gasteiger charge is -2.12. The molecule has 0 fully saturated rings. The third-order valence-electron chi connectivity index (χ3n) is 14.4. The van der Waals surface area contributed by atoms with Gasteiger partial charge in [-0.15, -0.1) is 22.7 Å². The third-order valence-corrected chi connectivity index (χ3v) is 16.8. The molecule has 10 aromatic carbocycles. The van der Waals surface area contributed by atoms with Crippen molar-refractivity contribution in [2.75, 3.05) is 0 Å². The lowest BCUT2D eigenvalue weighted by atomic mass is 10.0. The number of nitrogens with zero attached hydrogens (tertiary/aromatic N) is 5. The second-order valence-corrected chi connectivity index (χ2v) is 20.4. The van der Waals surface area contributed by atoms with Crippen molar-refractivity contribution < 1.29 is 4.42 Å². The summed E-state index contributed by atoms with van der Waals surface area (Å²) in [5, 5.41) is 11.7. The predicted octanol–water partition coefficient (Wildman–Crippen LogP) is 17.7. The van der Waals surface area contributed by atoms with Crippen LogP contribution in [0.25, 0.3) is 151 Å². The van der Waals surface area contributed by atoms with Gasteiger partial charge in [0.05, 0.1) is 22.1 Å². The van der Waals surface area contributed by atoms with Crippen LogP contribution >= 0.6 is 22.7 Å². The number of fused-ring (bicyclic) bond motifs is 15. The molecule has 0 amide bonds. The van der Waals surface area contributed by atoms with E-state index in [0.29, 0.717) is 17.6 Å². The highest BCUT2D eigenvalue weighted by molar-refractivity contribution is 7.26. The number of hydrogen-bond donors (Lipinski definition) is 0. The van der Waals surface area contributed by atoms with Gasteiger partial charge >= 0.3 is 0 Å². The molecule has 0 aliphatic rings. The topological polar surface area (TPSA) is 61.7 Å². The Bertz CT molecular complexity index is 4910. The van der Waals surface area contributed by atoms with Crippen LogP contribution in [0, 0.1) is 0 Å². The first-order chi connectivity index (χ1) is 35.2. The van der Waals surface area contributed by atoms with Crippen LogP contribution in [0.3, 0.4) is 0 Å². The van der Waals surface area contributed by atoms with Gasteiger partial charge in [-0.25, -0.2) is 4.98 Å². The summed E-state index contributed by atoms with van der Waals surface area (Å²) in [5.41, 5.74) is 11.5.